The van der Waals surface area contributed by atoms with Crippen LogP contribution >= 0.6 is 0 Å². The molecule has 0 fully saturated rings. The molecule has 0 radical (unpaired) electrons. The third-order valence-electron chi connectivity index (χ3n) is 3.49. The van der Waals surface area contributed by atoms with Crippen LogP contribution in [0, 0.1) is 23.7 Å². The number of hydrogen-bond donors (Lipinski definition) is 1. The molecule has 0 aromatic heterocycles. The Hall–Kier alpha value is -0.380. The average Bonchev–Trinajstić information content (AvgIpc) is 2.27. The third-order valence-corrected chi connectivity index (χ3v) is 3.49. The molecule has 3 nitrogen and oxygen atoms in total. The van der Waals surface area contributed by atoms with Crippen LogP contribution in [0.25, 0.3) is 0 Å². The molecule has 0 spiro atoms. The molecule has 0 saturated heterocycles. The molecule has 0 aliphatic heterocycles. The van der Waals surface area contributed by atoms with E-state index in [4.69, 9.17) is 9.47 Å². The summed E-state index contributed by atoms with van der Waals surface area (Å²) in [5, 5.41) is 10.4. The first-order chi connectivity index (χ1) is 8.10. The smallest absolute Gasteiger partial charge is 0.0659 e. The number of aliphatic hydroxyl groups excluding tert-OH is 1. The van der Waals surface area contributed by atoms with Crippen molar-refractivity contribution >= 4 is 0 Å². The number of rotatable bonds is 6. The number of aliphatic hydroxyl groups is 1. The van der Waals surface area contributed by atoms with E-state index in [2.05, 4.69) is 26.0 Å². The number of ether oxygens (including phenoxy) is 2. The van der Waals surface area contributed by atoms with E-state index < -0.39 is 0 Å². The molecule has 100 valence electrons. The second kappa shape index (κ2) is 7.14. The molecule has 0 aromatic carbocycles. The van der Waals surface area contributed by atoms with Crippen LogP contribution in [0.15, 0.2) is 12.2 Å². The van der Waals surface area contributed by atoms with E-state index in [1.807, 2.05) is 0 Å². The van der Waals surface area contributed by atoms with Crippen LogP contribution in [-0.2, 0) is 9.47 Å². The maximum Gasteiger partial charge on any atom is 0.0659 e. The van der Waals surface area contributed by atoms with Gasteiger partial charge in [-0.25, -0.2) is 0 Å². The Morgan fingerprint density at radius 3 is 2.18 bits per heavy atom. The fourth-order valence-electron chi connectivity index (χ4n) is 2.66. The summed E-state index contributed by atoms with van der Waals surface area (Å²) in [7, 11) is 3.39. The van der Waals surface area contributed by atoms with Crippen LogP contribution in [0.3, 0.4) is 0 Å². The van der Waals surface area contributed by atoms with Crippen molar-refractivity contribution in [1.29, 1.82) is 0 Å². The molecule has 1 rings (SSSR count). The summed E-state index contributed by atoms with van der Waals surface area (Å²) in [6.45, 7) is 5.62. The maximum atomic E-state index is 10.4. The molecule has 3 heteroatoms. The lowest BCUT2D eigenvalue weighted by molar-refractivity contribution is -0.0236. The van der Waals surface area contributed by atoms with Crippen LogP contribution in [0.1, 0.15) is 20.3 Å². The van der Waals surface area contributed by atoms with Crippen LogP contribution in [0.2, 0.25) is 0 Å². The van der Waals surface area contributed by atoms with Crippen molar-refractivity contribution in [2.24, 2.45) is 23.7 Å². The average molecular weight is 242 g/mol. The molecular weight excluding hydrogens is 216 g/mol. The first-order valence-corrected chi connectivity index (χ1v) is 6.44. The van der Waals surface area contributed by atoms with Crippen molar-refractivity contribution in [3.63, 3.8) is 0 Å². The zero-order valence-corrected chi connectivity index (χ0v) is 11.4. The summed E-state index contributed by atoms with van der Waals surface area (Å²) in [5.74, 6) is 1.26. The molecule has 0 heterocycles. The Morgan fingerprint density at radius 1 is 1.06 bits per heavy atom. The minimum absolute atomic E-state index is 0.147. The Bertz CT molecular complexity index is 238. The van der Waals surface area contributed by atoms with Crippen molar-refractivity contribution in [1.82, 2.24) is 0 Å². The summed E-state index contributed by atoms with van der Waals surface area (Å²) in [4.78, 5) is 0. The van der Waals surface area contributed by atoms with Gasteiger partial charge in [-0.2, -0.15) is 0 Å². The molecule has 0 unspecified atom stereocenters. The van der Waals surface area contributed by atoms with Crippen molar-refractivity contribution in [2.45, 2.75) is 26.4 Å². The minimum atomic E-state index is -0.317. The predicted octanol–water partition coefficient (Wildman–Crippen LogP) is 2.10. The van der Waals surface area contributed by atoms with Gasteiger partial charge in [-0.05, 0) is 12.3 Å². The third kappa shape index (κ3) is 4.09. The van der Waals surface area contributed by atoms with E-state index in [0.29, 0.717) is 19.1 Å². The van der Waals surface area contributed by atoms with E-state index in [1.165, 1.54) is 0 Å². The summed E-state index contributed by atoms with van der Waals surface area (Å²) < 4.78 is 10.4. The number of methoxy groups -OCH3 is 2. The molecule has 0 bridgehead atoms. The predicted molar refractivity (Wildman–Crippen MR) is 68.8 cm³/mol. The van der Waals surface area contributed by atoms with Gasteiger partial charge in [0.1, 0.15) is 0 Å². The fourth-order valence-corrected chi connectivity index (χ4v) is 2.66. The summed E-state index contributed by atoms with van der Waals surface area (Å²) >= 11 is 0. The maximum absolute atomic E-state index is 10.4. The molecule has 1 N–H and O–H groups in total. The van der Waals surface area contributed by atoms with E-state index in [0.717, 1.165) is 6.42 Å². The van der Waals surface area contributed by atoms with Gasteiger partial charge in [0.25, 0.3) is 0 Å². The highest BCUT2D eigenvalue weighted by Gasteiger charge is 2.35. The van der Waals surface area contributed by atoms with Gasteiger partial charge in [0.2, 0.25) is 0 Å². The quantitative estimate of drug-likeness (QED) is 0.725. The summed E-state index contributed by atoms with van der Waals surface area (Å²) in [6, 6.07) is 0. The second-order valence-electron chi connectivity index (χ2n) is 5.41. The summed E-state index contributed by atoms with van der Waals surface area (Å²) in [6.07, 6.45) is 5.05. The molecule has 0 saturated carbocycles. The zero-order chi connectivity index (χ0) is 12.8. The summed E-state index contributed by atoms with van der Waals surface area (Å²) in [5.41, 5.74) is 0. The Morgan fingerprint density at radius 2 is 1.65 bits per heavy atom. The lowest BCUT2D eigenvalue weighted by Crippen LogP contribution is -2.40. The van der Waals surface area contributed by atoms with Gasteiger partial charge in [0.15, 0.2) is 0 Å². The fraction of sp³-hybridized carbons (Fsp3) is 0.857. The normalized spacial score (nSPS) is 33.3. The topological polar surface area (TPSA) is 38.7 Å². The van der Waals surface area contributed by atoms with Gasteiger partial charge in [0.05, 0.1) is 19.3 Å². The van der Waals surface area contributed by atoms with E-state index in [1.54, 1.807) is 14.2 Å². The molecular formula is C14H26O3. The van der Waals surface area contributed by atoms with Gasteiger partial charge in [0, 0.05) is 32.0 Å². The second-order valence-corrected chi connectivity index (χ2v) is 5.41. The first kappa shape index (κ1) is 14.7. The van der Waals surface area contributed by atoms with Crippen molar-refractivity contribution in [3.8, 4) is 0 Å². The van der Waals surface area contributed by atoms with Crippen molar-refractivity contribution < 1.29 is 14.6 Å². The molecule has 1 aliphatic rings. The van der Waals surface area contributed by atoms with Crippen molar-refractivity contribution in [3.05, 3.63) is 12.2 Å². The molecule has 17 heavy (non-hydrogen) atoms. The van der Waals surface area contributed by atoms with Gasteiger partial charge in [-0.3, -0.25) is 0 Å². The molecule has 1 aliphatic carbocycles. The van der Waals surface area contributed by atoms with Crippen LogP contribution < -0.4 is 0 Å². The van der Waals surface area contributed by atoms with Crippen molar-refractivity contribution in [2.75, 3.05) is 27.4 Å². The Balaban J connectivity index is 2.71. The van der Waals surface area contributed by atoms with Gasteiger partial charge >= 0.3 is 0 Å². The van der Waals surface area contributed by atoms with Gasteiger partial charge in [-0.1, -0.05) is 26.0 Å². The standard InChI is InChI=1S/C14H26O3/c1-10(2)7-11-5-6-12(8-16-3)13(9-17-4)14(11)15/h5-6,10-15H,7-9H2,1-4H3/t11-,12-,13+,14-/m0/s1. The number of hydrogen-bond acceptors (Lipinski definition) is 3. The molecule has 0 amide bonds. The minimum Gasteiger partial charge on any atom is -0.392 e. The van der Waals surface area contributed by atoms with E-state index in [-0.39, 0.29) is 23.9 Å². The Kier molecular flexibility index (Phi) is 6.17. The zero-order valence-electron chi connectivity index (χ0n) is 11.4. The van der Waals surface area contributed by atoms with E-state index in [9.17, 15) is 5.11 Å². The molecule has 4 atom stereocenters. The van der Waals surface area contributed by atoms with E-state index >= 15 is 0 Å². The largest absolute Gasteiger partial charge is 0.392 e. The van der Waals surface area contributed by atoms with Crippen LogP contribution in [-0.4, -0.2) is 38.6 Å². The lowest BCUT2D eigenvalue weighted by Gasteiger charge is -2.36. The highest BCUT2D eigenvalue weighted by Crippen LogP contribution is 2.32. The van der Waals surface area contributed by atoms with Crippen LogP contribution in [0.5, 0.6) is 0 Å². The van der Waals surface area contributed by atoms with Gasteiger partial charge in [-0.15, -0.1) is 0 Å². The Labute approximate surface area is 105 Å². The lowest BCUT2D eigenvalue weighted by atomic mass is 9.74. The van der Waals surface area contributed by atoms with Crippen LogP contribution in [0.4, 0.5) is 0 Å². The monoisotopic (exact) mass is 242 g/mol. The van der Waals surface area contributed by atoms with Gasteiger partial charge < -0.3 is 14.6 Å². The highest BCUT2D eigenvalue weighted by atomic mass is 16.5. The first-order valence-electron chi connectivity index (χ1n) is 6.44. The molecule has 0 aromatic rings. The highest BCUT2D eigenvalue weighted by molar-refractivity contribution is 5.06. The SMILES string of the molecule is COC[C@H]1[C@@H](O)[C@H](CC(C)C)C=C[C@H]1COC.